The number of piperazine rings is 1. The molecule has 1 aromatic heterocycles. The van der Waals surface area contributed by atoms with Crippen molar-refractivity contribution in [3.63, 3.8) is 0 Å². The van der Waals surface area contributed by atoms with Gasteiger partial charge in [-0.25, -0.2) is 0 Å². The Labute approximate surface area is 122 Å². The fraction of sp³-hybridized carbons (Fsp3) is 0.750. The van der Waals surface area contributed by atoms with Gasteiger partial charge >= 0.3 is 0 Å². The van der Waals surface area contributed by atoms with Gasteiger partial charge in [0.15, 0.2) is 0 Å². The second kappa shape index (κ2) is 6.87. The molecule has 0 saturated carbocycles. The molecule has 2 atom stereocenters. The Hall–Kier alpha value is -0.380. The second-order valence-corrected chi connectivity index (χ2v) is 7.23. The van der Waals surface area contributed by atoms with Crippen molar-refractivity contribution in [3.05, 3.63) is 22.4 Å². The lowest BCUT2D eigenvalue weighted by Gasteiger charge is -2.43. The zero-order chi connectivity index (χ0) is 13.8. The van der Waals surface area contributed by atoms with Crippen molar-refractivity contribution >= 4 is 11.3 Å². The van der Waals surface area contributed by atoms with E-state index in [-0.39, 0.29) is 0 Å². The maximum Gasteiger partial charge on any atom is 0.0244 e. The van der Waals surface area contributed by atoms with Crippen LogP contribution in [0.2, 0.25) is 0 Å². The van der Waals surface area contributed by atoms with E-state index in [9.17, 15) is 0 Å². The Morgan fingerprint density at radius 3 is 2.68 bits per heavy atom. The van der Waals surface area contributed by atoms with Crippen LogP contribution < -0.4 is 5.32 Å². The van der Waals surface area contributed by atoms with Gasteiger partial charge in [-0.1, -0.05) is 27.7 Å². The molecule has 0 amide bonds. The zero-order valence-electron chi connectivity index (χ0n) is 12.7. The molecule has 2 heterocycles. The summed E-state index contributed by atoms with van der Waals surface area (Å²) < 4.78 is 0. The number of hydrogen-bond donors (Lipinski definition) is 1. The second-order valence-electron chi connectivity index (χ2n) is 6.45. The number of hydrogen-bond acceptors (Lipinski definition) is 3. The van der Waals surface area contributed by atoms with Crippen LogP contribution in [0, 0.1) is 11.8 Å². The molecule has 1 aromatic rings. The Bertz CT molecular complexity index is 359. The average Bonchev–Trinajstić information content (AvgIpc) is 2.88. The van der Waals surface area contributed by atoms with E-state index >= 15 is 0 Å². The number of rotatable bonds is 5. The van der Waals surface area contributed by atoms with Crippen LogP contribution in [0.5, 0.6) is 0 Å². The first-order valence-electron chi connectivity index (χ1n) is 7.56. The molecule has 0 spiro atoms. The highest BCUT2D eigenvalue weighted by molar-refractivity contribution is 7.07. The standard InChI is InChI=1S/C16H28N2S/c1-12(2)15-10-18(16(9-17-15)13(3)4)7-5-14-6-8-19-11-14/h6,8,11-13,15-17H,5,7,9-10H2,1-4H3. The minimum Gasteiger partial charge on any atom is -0.311 e. The Kier molecular flexibility index (Phi) is 5.43. The van der Waals surface area contributed by atoms with Gasteiger partial charge in [-0.2, -0.15) is 11.3 Å². The molecule has 2 rings (SSSR count). The predicted molar refractivity (Wildman–Crippen MR) is 84.9 cm³/mol. The van der Waals surface area contributed by atoms with Gasteiger partial charge in [0, 0.05) is 31.7 Å². The Morgan fingerprint density at radius 2 is 2.11 bits per heavy atom. The quantitative estimate of drug-likeness (QED) is 0.891. The van der Waals surface area contributed by atoms with E-state index < -0.39 is 0 Å². The van der Waals surface area contributed by atoms with Crippen LogP contribution in [-0.2, 0) is 6.42 Å². The van der Waals surface area contributed by atoms with Gasteiger partial charge in [-0.3, -0.25) is 4.90 Å². The molecular formula is C16H28N2S. The summed E-state index contributed by atoms with van der Waals surface area (Å²) in [7, 11) is 0. The fourth-order valence-corrected chi connectivity index (χ4v) is 3.63. The molecule has 0 aliphatic carbocycles. The molecule has 1 saturated heterocycles. The summed E-state index contributed by atoms with van der Waals surface area (Å²) in [5, 5.41) is 8.20. The molecule has 3 heteroatoms. The lowest BCUT2D eigenvalue weighted by Crippen LogP contribution is -2.59. The summed E-state index contributed by atoms with van der Waals surface area (Å²) in [5.74, 6) is 1.44. The van der Waals surface area contributed by atoms with Crippen LogP contribution >= 0.6 is 11.3 Å². The summed E-state index contributed by atoms with van der Waals surface area (Å²) in [5.41, 5.74) is 1.49. The van der Waals surface area contributed by atoms with E-state index in [2.05, 4.69) is 54.7 Å². The van der Waals surface area contributed by atoms with Crippen LogP contribution in [0.25, 0.3) is 0 Å². The third-order valence-electron chi connectivity index (χ3n) is 4.33. The van der Waals surface area contributed by atoms with Gasteiger partial charge in [-0.15, -0.1) is 0 Å². The smallest absolute Gasteiger partial charge is 0.0244 e. The molecule has 1 aliphatic heterocycles. The lowest BCUT2D eigenvalue weighted by atomic mass is 9.94. The molecule has 108 valence electrons. The van der Waals surface area contributed by atoms with Crippen molar-refractivity contribution in [1.82, 2.24) is 10.2 Å². The first kappa shape index (κ1) is 15.0. The molecule has 0 bridgehead atoms. The summed E-state index contributed by atoms with van der Waals surface area (Å²) in [6.07, 6.45) is 1.19. The van der Waals surface area contributed by atoms with Crippen LogP contribution in [0.15, 0.2) is 16.8 Å². The summed E-state index contributed by atoms with van der Waals surface area (Å²) in [6, 6.07) is 3.60. The van der Waals surface area contributed by atoms with Crippen LogP contribution in [0.1, 0.15) is 33.3 Å². The molecule has 1 N–H and O–H groups in total. The van der Waals surface area contributed by atoms with E-state index in [1.165, 1.54) is 25.1 Å². The minimum absolute atomic E-state index is 0.650. The predicted octanol–water partition coefficient (Wildman–Crippen LogP) is 3.25. The molecule has 2 nitrogen and oxygen atoms in total. The van der Waals surface area contributed by atoms with E-state index in [0.717, 1.165) is 18.4 Å². The third-order valence-corrected chi connectivity index (χ3v) is 5.06. The number of nitrogens with one attached hydrogen (secondary N) is 1. The fourth-order valence-electron chi connectivity index (χ4n) is 2.92. The van der Waals surface area contributed by atoms with Crippen molar-refractivity contribution in [2.24, 2.45) is 11.8 Å². The molecule has 1 fully saturated rings. The summed E-state index contributed by atoms with van der Waals surface area (Å²) in [4.78, 5) is 2.71. The molecule has 0 radical (unpaired) electrons. The normalized spacial score (nSPS) is 25.4. The Balaban J connectivity index is 1.95. The zero-order valence-corrected chi connectivity index (χ0v) is 13.5. The largest absolute Gasteiger partial charge is 0.311 e. The highest BCUT2D eigenvalue weighted by Crippen LogP contribution is 2.19. The maximum absolute atomic E-state index is 3.73. The Morgan fingerprint density at radius 1 is 1.32 bits per heavy atom. The molecule has 0 aromatic carbocycles. The van der Waals surface area contributed by atoms with Crippen molar-refractivity contribution in [2.45, 2.75) is 46.2 Å². The van der Waals surface area contributed by atoms with Gasteiger partial charge in [0.1, 0.15) is 0 Å². The summed E-state index contributed by atoms with van der Waals surface area (Å²) in [6.45, 7) is 12.9. The van der Waals surface area contributed by atoms with E-state index in [1.807, 2.05) is 11.3 Å². The topological polar surface area (TPSA) is 15.3 Å². The first-order valence-corrected chi connectivity index (χ1v) is 8.50. The maximum atomic E-state index is 3.73. The van der Waals surface area contributed by atoms with Crippen molar-refractivity contribution in [3.8, 4) is 0 Å². The SMILES string of the molecule is CC(C)C1CN(CCc2ccsc2)C(C(C)C)CN1. The minimum atomic E-state index is 0.650. The summed E-state index contributed by atoms with van der Waals surface area (Å²) >= 11 is 1.81. The average molecular weight is 280 g/mol. The van der Waals surface area contributed by atoms with E-state index in [1.54, 1.807) is 0 Å². The van der Waals surface area contributed by atoms with E-state index in [0.29, 0.717) is 12.1 Å². The highest BCUT2D eigenvalue weighted by atomic mass is 32.1. The van der Waals surface area contributed by atoms with Gasteiger partial charge < -0.3 is 5.32 Å². The van der Waals surface area contributed by atoms with Crippen LogP contribution in [0.4, 0.5) is 0 Å². The van der Waals surface area contributed by atoms with Crippen molar-refractivity contribution < 1.29 is 0 Å². The molecule has 2 unspecified atom stereocenters. The van der Waals surface area contributed by atoms with Crippen molar-refractivity contribution in [1.29, 1.82) is 0 Å². The molecular weight excluding hydrogens is 252 g/mol. The lowest BCUT2D eigenvalue weighted by molar-refractivity contribution is 0.0864. The van der Waals surface area contributed by atoms with Gasteiger partial charge in [-0.05, 0) is 40.6 Å². The van der Waals surface area contributed by atoms with E-state index in [4.69, 9.17) is 0 Å². The van der Waals surface area contributed by atoms with Crippen LogP contribution in [0.3, 0.4) is 0 Å². The van der Waals surface area contributed by atoms with Gasteiger partial charge in [0.25, 0.3) is 0 Å². The van der Waals surface area contributed by atoms with Crippen LogP contribution in [-0.4, -0.2) is 36.6 Å². The molecule has 1 aliphatic rings. The van der Waals surface area contributed by atoms with Gasteiger partial charge in [0.2, 0.25) is 0 Å². The first-order chi connectivity index (χ1) is 9.08. The van der Waals surface area contributed by atoms with Gasteiger partial charge in [0.05, 0.1) is 0 Å². The molecule has 19 heavy (non-hydrogen) atoms. The number of thiophene rings is 1. The van der Waals surface area contributed by atoms with Crippen molar-refractivity contribution in [2.75, 3.05) is 19.6 Å². The third kappa shape index (κ3) is 4.04. The number of nitrogens with zero attached hydrogens (tertiary/aromatic N) is 1. The highest BCUT2D eigenvalue weighted by Gasteiger charge is 2.30. The monoisotopic (exact) mass is 280 g/mol.